The minimum atomic E-state index is -4.52. The van der Waals surface area contributed by atoms with Crippen LogP contribution in [0.3, 0.4) is 0 Å². The van der Waals surface area contributed by atoms with Gasteiger partial charge in [-0.2, -0.15) is 13.2 Å². The van der Waals surface area contributed by atoms with Crippen LogP contribution in [0.2, 0.25) is 10.0 Å². The van der Waals surface area contributed by atoms with Gasteiger partial charge in [0.1, 0.15) is 18.2 Å². The summed E-state index contributed by atoms with van der Waals surface area (Å²) in [6.45, 7) is -1.48. The Balaban J connectivity index is 1.51. The molecule has 0 spiro atoms. The van der Waals surface area contributed by atoms with Crippen molar-refractivity contribution in [3.63, 3.8) is 0 Å². The van der Waals surface area contributed by atoms with E-state index in [2.05, 4.69) is 20.6 Å². The topological polar surface area (TPSA) is 68.3 Å². The Morgan fingerprint density at radius 1 is 1.06 bits per heavy atom. The quantitative estimate of drug-likeness (QED) is 0.283. The predicted octanol–water partition coefficient (Wildman–Crippen LogP) is 6.42. The molecule has 2 aliphatic heterocycles. The molecule has 1 aromatic heterocycles. The molecule has 3 heterocycles. The van der Waals surface area contributed by atoms with E-state index in [1.165, 1.54) is 30.6 Å². The Hall–Kier alpha value is -2.56. The maximum Gasteiger partial charge on any atom is 0.422 e. The Morgan fingerprint density at radius 2 is 1.80 bits per heavy atom. The van der Waals surface area contributed by atoms with E-state index in [0.717, 1.165) is 25.7 Å². The van der Waals surface area contributed by atoms with Gasteiger partial charge in [0.2, 0.25) is 0 Å². The largest absolute Gasteiger partial charge is 0.486 e. The van der Waals surface area contributed by atoms with Gasteiger partial charge in [-0.05, 0) is 43.9 Å². The van der Waals surface area contributed by atoms with E-state index in [9.17, 15) is 17.6 Å². The first kappa shape index (κ1) is 24.1. The molecule has 3 atom stereocenters. The van der Waals surface area contributed by atoms with Gasteiger partial charge in [0.25, 0.3) is 0 Å². The molecule has 3 aromatic rings. The number of alkyl halides is 3. The van der Waals surface area contributed by atoms with Crippen molar-refractivity contribution in [3.8, 4) is 11.5 Å². The van der Waals surface area contributed by atoms with Gasteiger partial charge in [-0.15, -0.1) is 0 Å². The molecule has 1 unspecified atom stereocenters. The average molecular weight is 531 g/mol. The molecule has 35 heavy (non-hydrogen) atoms. The van der Waals surface area contributed by atoms with Gasteiger partial charge in [-0.1, -0.05) is 23.2 Å². The highest BCUT2D eigenvalue weighted by atomic mass is 35.5. The van der Waals surface area contributed by atoms with Gasteiger partial charge < -0.3 is 20.1 Å². The summed E-state index contributed by atoms with van der Waals surface area (Å²) in [5.74, 6) is -0.491. The Morgan fingerprint density at radius 3 is 2.51 bits per heavy atom. The highest BCUT2D eigenvalue weighted by molar-refractivity contribution is 6.42. The summed E-state index contributed by atoms with van der Waals surface area (Å²) >= 11 is 11.8. The molecule has 6 nitrogen and oxygen atoms in total. The zero-order chi connectivity index (χ0) is 24.7. The van der Waals surface area contributed by atoms with Gasteiger partial charge in [0.05, 0.1) is 21.2 Å². The fourth-order valence-electron chi connectivity index (χ4n) is 4.56. The summed E-state index contributed by atoms with van der Waals surface area (Å²) < 4.78 is 64.6. The van der Waals surface area contributed by atoms with E-state index in [1.807, 2.05) is 0 Å². The van der Waals surface area contributed by atoms with Gasteiger partial charge in [0, 0.05) is 23.5 Å². The summed E-state index contributed by atoms with van der Waals surface area (Å²) in [4.78, 5) is 8.33. The molecule has 2 saturated heterocycles. The van der Waals surface area contributed by atoms with Gasteiger partial charge >= 0.3 is 6.18 Å². The number of fused-ring (bicyclic) bond motifs is 3. The first-order valence-corrected chi connectivity index (χ1v) is 11.7. The molecule has 2 aromatic carbocycles. The Bertz CT molecular complexity index is 1250. The predicted molar refractivity (Wildman–Crippen MR) is 124 cm³/mol. The molecule has 0 saturated carbocycles. The molecule has 12 heteroatoms. The number of hydrogen-bond donors (Lipinski definition) is 2. The SMILES string of the molecule is Fc1c(Nc2ncnc3cc(OCC(F)(F)F)c(OC4C[C@H]5CC[C@@H](C4)N5)cc23)ccc(Cl)c1Cl. The zero-order valence-electron chi connectivity index (χ0n) is 18.1. The van der Waals surface area contributed by atoms with Crippen LogP contribution in [0.4, 0.5) is 29.1 Å². The lowest BCUT2D eigenvalue weighted by atomic mass is 10.0. The summed E-state index contributed by atoms with van der Waals surface area (Å²) in [6, 6.07) is 6.35. The fraction of sp³-hybridized carbons (Fsp3) is 0.391. The highest BCUT2D eigenvalue weighted by Gasteiger charge is 2.35. The number of ether oxygens (including phenoxy) is 2. The van der Waals surface area contributed by atoms with Crippen LogP contribution in [0.1, 0.15) is 25.7 Å². The van der Waals surface area contributed by atoms with Crippen LogP contribution >= 0.6 is 23.2 Å². The minimum absolute atomic E-state index is 0.0224. The maximum atomic E-state index is 14.6. The highest BCUT2D eigenvalue weighted by Crippen LogP contribution is 2.39. The number of aromatic nitrogens is 2. The normalized spacial score (nSPS) is 21.8. The van der Waals surface area contributed by atoms with E-state index in [0.29, 0.717) is 17.5 Å². The Kier molecular flexibility index (Phi) is 6.54. The van der Waals surface area contributed by atoms with Crippen LogP contribution in [0.25, 0.3) is 10.9 Å². The average Bonchev–Trinajstić information content (AvgIpc) is 3.15. The van der Waals surface area contributed by atoms with Crippen molar-refractivity contribution in [3.05, 3.63) is 46.5 Å². The lowest BCUT2D eigenvalue weighted by Crippen LogP contribution is -2.42. The summed E-state index contributed by atoms with van der Waals surface area (Å²) in [6.07, 6.45) is 0.0415. The summed E-state index contributed by atoms with van der Waals surface area (Å²) in [5, 5.41) is 6.57. The minimum Gasteiger partial charge on any atom is -0.486 e. The van der Waals surface area contributed by atoms with Gasteiger partial charge in [-0.3, -0.25) is 0 Å². The van der Waals surface area contributed by atoms with Crippen molar-refractivity contribution in [1.82, 2.24) is 15.3 Å². The first-order chi connectivity index (χ1) is 16.7. The molecule has 2 N–H and O–H groups in total. The molecule has 0 aliphatic carbocycles. The molecular formula is C23H20Cl2F4N4O2. The van der Waals surface area contributed by atoms with Crippen LogP contribution in [-0.4, -0.2) is 40.9 Å². The van der Waals surface area contributed by atoms with Crippen LogP contribution in [0, 0.1) is 5.82 Å². The molecule has 0 radical (unpaired) electrons. The third-order valence-electron chi connectivity index (χ3n) is 6.10. The van der Waals surface area contributed by atoms with Crippen molar-refractivity contribution in [2.24, 2.45) is 0 Å². The van der Waals surface area contributed by atoms with Crippen LogP contribution < -0.4 is 20.1 Å². The second-order valence-electron chi connectivity index (χ2n) is 8.64. The number of nitrogens with zero attached hydrogens (tertiary/aromatic N) is 2. The number of nitrogens with one attached hydrogen (secondary N) is 2. The summed E-state index contributed by atoms with van der Waals surface area (Å²) in [7, 11) is 0. The number of anilines is 2. The van der Waals surface area contributed by atoms with Crippen molar-refractivity contribution >= 4 is 45.6 Å². The monoisotopic (exact) mass is 530 g/mol. The van der Waals surface area contributed by atoms with E-state index in [4.69, 9.17) is 32.7 Å². The number of piperidine rings is 1. The van der Waals surface area contributed by atoms with Crippen LogP contribution in [-0.2, 0) is 0 Å². The Labute approximate surface area is 207 Å². The van der Waals surface area contributed by atoms with E-state index in [-0.39, 0.29) is 44.7 Å². The van der Waals surface area contributed by atoms with Crippen LogP contribution in [0.5, 0.6) is 11.5 Å². The molecule has 2 fully saturated rings. The van der Waals surface area contributed by atoms with Crippen molar-refractivity contribution in [2.45, 2.75) is 50.0 Å². The zero-order valence-corrected chi connectivity index (χ0v) is 19.6. The lowest BCUT2D eigenvalue weighted by Gasteiger charge is -2.30. The van der Waals surface area contributed by atoms with Gasteiger partial charge in [0.15, 0.2) is 23.9 Å². The molecule has 2 bridgehead atoms. The third kappa shape index (κ3) is 5.34. The van der Waals surface area contributed by atoms with Gasteiger partial charge in [-0.25, -0.2) is 14.4 Å². The van der Waals surface area contributed by atoms with Crippen molar-refractivity contribution < 1.29 is 27.0 Å². The number of benzene rings is 2. The number of rotatable bonds is 6. The smallest absolute Gasteiger partial charge is 0.422 e. The van der Waals surface area contributed by atoms with E-state index < -0.39 is 18.6 Å². The molecule has 2 aliphatic rings. The second-order valence-corrected chi connectivity index (χ2v) is 9.42. The molecule has 186 valence electrons. The first-order valence-electron chi connectivity index (χ1n) is 11.0. The maximum absolute atomic E-state index is 14.6. The standard InChI is InChI=1S/C23H20Cl2F4N4O2/c24-15-3-4-16(21(26)20(15)25)33-22-14-7-19(35-13-5-11-1-2-12(6-13)32-11)18(34-9-23(27,28)29)8-17(14)30-10-31-22/h3-4,7-8,10-13,32H,1-2,5-6,9H2,(H,30,31,33)/t11-,12+,13?. The van der Waals surface area contributed by atoms with Crippen molar-refractivity contribution in [1.29, 1.82) is 0 Å². The summed E-state index contributed by atoms with van der Waals surface area (Å²) in [5.41, 5.74) is 0.312. The molecule has 5 rings (SSSR count). The van der Waals surface area contributed by atoms with Crippen molar-refractivity contribution in [2.75, 3.05) is 11.9 Å². The fourth-order valence-corrected chi connectivity index (χ4v) is 4.87. The van der Waals surface area contributed by atoms with Crippen LogP contribution in [0.15, 0.2) is 30.6 Å². The number of halogens is 6. The molecule has 0 amide bonds. The third-order valence-corrected chi connectivity index (χ3v) is 6.89. The molecular weight excluding hydrogens is 511 g/mol. The second kappa shape index (κ2) is 9.48. The number of hydrogen-bond acceptors (Lipinski definition) is 6. The van der Waals surface area contributed by atoms with E-state index in [1.54, 1.807) is 0 Å². The van der Waals surface area contributed by atoms with E-state index >= 15 is 0 Å². The lowest BCUT2D eigenvalue weighted by molar-refractivity contribution is -0.153.